The standard InChI is InChI=1S/C23H26N2O4S2/c1-5-19-8-11-20(12-9-19)30(26,27)25-23-15-21(10-7-17(23)3)31(28,29)24-22-13-6-16(2)14-18(22)4/h6-15,24-25H,5H2,1-4H3. The number of anilines is 2. The third-order valence-electron chi connectivity index (χ3n) is 5.03. The number of hydrogen-bond donors (Lipinski definition) is 2. The van der Waals surface area contributed by atoms with Crippen molar-refractivity contribution in [3.05, 3.63) is 82.9 Å². The first-order valence-electron chi connectivity index (χ1n) is 9.84. The molecular weight excluding hydrogens is 432 g/mol. The Balaban J connectivity index is 1.91. The van der Waals surface area contributed by atoms with Gasteiger partial charge < -0.3 is 0 Å². The molecule has 0 spiro atoms. The van der Waals surface area contributed by atoms with E-state index >= 15 is 0 Å². The van der Waals surface area contributed by atoms with Crippen LogP contribution in [0, 0.1) is 20.8 Å². The fraction of sp³-hybridized carbons (Fsp3) is 0.217. The molecule has 0 atom stereocenters. The molecule has 31 heavy (non-hydrogen) atoms. The van der Waals surface area contributed by atoms with Gasteiger partial charge in [-0.05, 0) is 74.2 Å². The highest BCUT2D eigenvalue weighted by atomic mass is 32.2. The summed E-state index contributed by atoms with van der Waals surface area (Å²) in [4.78, 5) is 0.0860. The van der Waals surface area contributed by atoms with Gasteiger partial charge in [0, 0.05) is 0 Å². The number of benzene rings is 3. The summed E-state index contributed by atoms with van der Waals surface area (Å²) in [5.74, 6) is 0. The maximum absolute atomic E-state index is 12.9. The molecule has 0 bridgehead atoms. The topological polar surface area (TPSA) is 92.3 Å². The molecule has 0 aliphatic heterocycles. The van der Waals surface area contributed by atoms with Crippen LogP contribution in [-0.2, 0) is 26.5 Å². The van der Waals surface area contributed by atoms with E-state index in [0.717, 1.165) is 23.1 Å². The molecular formula is C23H26N2O4S2. The van der Waals surface area contributed by atoms with E-state index in [0.29, 0.717) is 11.3 Å². The Bertz CT molecular complexity index is 1310. The molecule has 0 saturated heterocycles. The zero-order chi connectivity index (χ0) is 22.8. The van der Waals surface area contributed by atoms with Gasteiger partial charge >= 0.3 is 0 Å². The summed E-state index contributed by atoms with van der Waals surface area (Å²) in [6.45, 7) is 7.46. The van der Waals surface area contributed by atoms with Crippen LogP contribution in [0.3, 0.4) is 0 Å². The van der Waals surface area contributed by atoms with E-state index in [1.165, 1.54) is 12.1 Å². The van der Waals surface area contributed by atoms with E-state index in [-0.39, 0.29) is 15.5 Å². The van der Waals surface area contributed by atoms with Crippen LogP contribution in [-0.4, -0.2) is 16.8 Å². The summed E-state index contributed by atoms with van der Waals surface area (Å²) >= 11 is 0. The van der Waals surface area contributed by atoms with Crippen LogP contribution in [0.1, 0.15) is 29.2 Å². The third-order valence-corrected chi connectivity index (χ3v) is 7.78. The number of hydrogen-bond acceptors (Lipinski definition) is 4. The summed E-state index contributed by atoms with van der Waals surface area (Å²) in [7, 11) is -7.76. The molecule has 3 aromatic carbocycles. The Morgan fingerprint density at radius 3 is 1.84 bits per heavy atom. The lowest BCUT2D eigenvalue weighted by Gasteiger charge is -2.15. The van der Waals surface area contributed by atoms with Crippen molar-refractivity contribution < 1.29 is 16.8 Å². The molecule has 0 aliphatic rings. The van der Waals surface area contributed by atoms with Crippen LogP contribution in [0.5, 0.6) is 0 Å². The highest BCUT2D eigenvalue weighted by Crippen LogP contribution is 2.26. The lowest BCUT2D eigenvalue weighted by Crippen LogP contribution is -2.16. The van der Waals surface area contributed by atoms with Gasteiger partial charge in [-0.3, -0.25) is 9.44 Å². The second-order valence-corrected chi connectivity index (χ2v) is 10.9. The van der Waals surface area contributed by atoms with Gasteiger partial charge in [0.25, 0.3) is 20.0 Å². The van der Waals surface area contributed by atoms with Gasteiger partial charge in [-0.1, -0.05) is 42.8 Å². The smallest absolute Gasteiger partial charge is 0.261 e. The van der Waals surface area contributed by atoms with Crippen molar-refractivity contribution in [2.75, 3.05) is 9.44 Å². The maximum Gasteiger partial charge on any atom is 0.261 e. The van der Waals surface area contributed by atoms with Crippen molar-refractivity contribution in [2.24, 2.45) is 0 Å². The number of nitrogens with one attached hydrogen (secondary N) is 2. The van der Waals surface area contributed by atoms with Crippen LogP contribution >= 0.6 is 0 Å². The summed E-state index contributed by atoms with van der Waals surface area (Å²) in [6.07, 6.45) is 0.806. The second kappa shape index (κ2) is 8.72. The lowest BCUT2D eigenvalue weighted by molar-refractivity contribution is 0.598. The first-order chi connectivity index (χ1) is 14.5. The monoisotopic (exact) mass is 458 g/mol. The molecule has 2 N–H and O–H groups in total. The molecule has 0 unspecified atom stereocenters. The van der Waals surface area contributed by atoms with E-state index < -0.39 is 20.0 Å². The lowest BCUT2D eigenvalue weighted by atomic mass is 10.1. The van der Waals surface area contributed by atoms with Crippen LogP contribution < -0.4 is 9.44 Å². The van der Waals surface area contributed by atoms with Gasteiger partial charge in [0.15, 0.2) is 0 Å². The Kier molecular flexibility index (Phi) is 6.43. The second-order valence-electron chi connectivity index (χ2n) is 7.50. The average molecular weight is 459 g/mol. The van der Waals surface area contributed by atoms with Crippen molar-refractivity contribution in [1.29, 1.82) is 0 Å². The summed E-state index contributed by atoms with van der Waals surface area (Å²) in [5.41, 5.74) is 4.15. The average Bonchev–Trinajstić information content (AvgIpc) is 2.71. The first kappa shape index (κ1) is 22.8. The molecule has 0 heterocycles. The predicted molar refractivity (Wildman–Crippen MR) is 125 cm³/mol. The van der Waals surface area contributed by atoms with Gasteiger partial charge in [0.2, 0.25) is 0 Å². The molecule has 6 nitrogen and oxygen atoms in total. The SMILES string of the molecule is CCc1ccc(S(=O)(=O)Nc2cc(S(=O)(=O)Nc3ccc(C)cc3C)ccc2C)cc1. The maximum atomic E-state index is 12.9. The van der Waals surface area contributed by atoms with Gasteiger partial charge in [0.1, 0.15) is 0 Å². The minimum absolute atomic E-state index is 0.0305. The number of aryl methyl sites for hydroxylation is 4. The van der Waals surface area contributed by atoms with Gasteiger partial charge in [-0.25, -0.2) is 16.8 Å². The minimum Gasteiger partial charge on any atom is -0.279 e. The van der Waals surface area contributed by atoms with E-state index in [2.05, 4.69) is 9.44 Å². The van der Waals surface area contributed by atoms with E-state index in [1.54, 1.807) is 43.3 Å². The molecule has 3 aromatic rings. The fourth-order valence-corrected chi connectivity index (χ4v) is 5.40. The third kappa shape index (κ3) is 5.26. The Morgan fingerprint density at radius 2 is 1.23 bits per heavy atom. The summed E-state index contributed by atoms with van der Waals surface area (Å²) in [5, 5.41) is 0. The summed E-state index contributed by atoms with van der Waals surface area (Å²) < 4.78 is 56.5. The Labute approximate surface area is 184 Å². The molecule has 0 radical (unpaired) electrons. The normalized spacial score (nSPS) is 11.9. The zero-order valence-electron chi connectivity index (χ0n) is 17.9. The number of rotatable bonds is 7. The van der Waals surface area contributed by atoms with Crippen molar-refractivity contribution in [1.82, 2.24) is 0 Å². The minimum atomic E-state index is -3.90. The van der Waals surface area contributed by atoms with Gasteiger partial charge in [-0.15, -0.1) is 0 Å². The van der Waals surface area contributed by atoms with E-state index in [1.807, 2.05) is 32.9 Å². The zero-order valence-corrected chi connectivity index (χ0v) is 19.6. The molecule has 8 heteroatoms. The molecule has 0 aromatic heterocycles. The Hall–Kier alpha value is -2.84. The highest BCUT2D eigenvalue weighted by Gasteiger charge is 2.20. The van der Waals surface area contributed by atoms with Crippen molar-refractivity contribution >= 4 is 31.4 Å². The van der Waals surface area contributed by atoms with Crippen molar-refractivity contribution in [3.63, 3.8) is 0 Å². The molecule has 0 fully saturated rings. The Morgan fingerprint density at radius 1 is 0.645 bits per heavy atom. The van der Waals surface area contributed by atoms with E-state index in [9.17, 15) is 16.8 Å². The molecule has 0 saturated carbocycles. The van der Waals surface area contributed by atoms with Gasteiger partial charge in [0.05, 0.1) is 21.2 Å². The quantitative estimate of drug-likeness (QED) is 0.533. The molecule has 3 rings (SSSR count). The van der Waals surface area contributed by atoms with E-state index in [4.69, 9.17) is 0 Å². The van der Waals surface area contributed by atoms with Crippen LogP contribution in [0.25, 0.3) is 0 Å². The van der Waals surface area contributed by atoms with Gasteiger partial charge in [-0.2, -0.15) is 0 Å². The van der Waals surface area contributed by atoms with Crippen LogP contribution in [0.15, 0.2) is 70.5 Å². The molecule has 0 aliphatic carbocycles. The first-order valence-corrected chi connectivity index (χ1v) is 12.8. The van der Waals surface area contributed by atoms with Crippen molar-refractivity contribution in [2.45, 2.75) is 43.9 Å². The molecule has 0 amide bonds. The van der Waals surface area contributed by atoms with Crippen LogP contribution in [0.4, 0.5) is 11.4 Å². The number of sulfonamides is 2. The van der Waals surface area contributed by atoms with Crippen molar-refractivity contribution in [3.8, 4) is 0 Å². The largest absolute Gasteiger partial charge is 0.279 e. The highest BCUT2D eigenvalue weighted by molar-refractivity contribution is 7.93. The van der Waals surface area contributed by atoms with Crippen LogP contribution in [0.2, 0.25) is 0 Å². The predicted octanol–water partition coefficient (Wildman–Crippen LogP) is 4.78. The fourth-order valence-electron chi connectivity index (χ4n) is 3.12. The molecule has 164 valence electrons. The summed E-state index contributed by atoms with van der Waals surface area (Å²) in [6, 6.07) is 16.4.